The summed E-state index contributed by atoms with van der Waals surface area (Å²) >= 11 is 0. The van der Waals surface area contributed by atoms with Crippen molar-refractivity contribution in [2.75, 3.05) is 27.2 Å². The second-order valence-electron chi connectivity index (χ2n) is 4.08. The van der Waals surface area contributed by atoms with E-state index in [0.29, 0.717) is 5.54 Å². The molecule has 0 unspecified atom stereocenters. The molecule has 1 radical (unpaired) electrons. The monoisotopic (exact) mass is 402 g/mol. The van der Waals surface area contributed by atoms with Crippen molar-refractivity contribution in [3.05, 3.63) is 7.43 Å². The van der Waals surface area contributed by atoms with Crippen LogP contribution in [-0.4, -0.2) is 37.6 Å². The molecule has 1 rings (SSSR count). The number of hydrogen-bond acceptors (Lipinski definition) is 2. The summed E-state index contributed by atoms with van der Waals surface area (Å²) in [6, 6.07) is 0. The Hall–Kier alpha value is 0.582. The average molecular weight is 402 g/mol. The van der Waals surface area contributed by atoms with Gasteiger partial charge in [-0.2, -0.15) is 0 Å². The van der Waals surface area contributed by atoms with E-state index >= 15 is 0 Å². The van der Waals surface area contributed by atoms with Gasteiger partial charge in [0, 0.05) is 26.0 Å². The van der Waals surface area contributed by atoms with E-state index in [1.165, 1.54) is 38.8 Å². The molecule has 3 heteroatoms. The third-order valence-corrected chi connectivity index (χ3v) is 3.20. The molecule has 1 saturated heterocycles. The number of piperidine rings is 1. The van der Waals surface area contributed by atoms with Crippen LogP contribution in [0.2, 0.25) is 0 Å². The summed E-state index contributed by atoms with van der Waals surface area (Å²) in [6.45, 7) is 8.78. The molecule has 0 aliphatic carbocycles. The zero-order chi connectivity index (χ0) is 11.0. The van der Waals surface area contributed by atoms with Gasteiger partial charge in [0.05, 0.1) is 0 Å². The molecular formula is C13H31N2Re-. The molecule has 2 nitrogen and oxygen atoms in total. The maximum Gasteiger partial charge on any atom is 0.0202 e. The van der Waals surface area contributed by atoms with Crippen LogP contribution < -0.4 is 5.32 Å². The largest absolute Gasteiger partial charge is 0.358 e. The average Bonchev–Trinajstić information content (AvgIpc) is 2.25. The van der Waals surface area contributed by atoms with Crippen molar-refractivity contribution in [1.82, 2.24) is 10.2 Å². The van der Waals surface area contributed by atoms with Crippen LogP contribution in [0.3, 0.4) is 0 Å². The number of hydrogen-bond donors (Lipinski definition) is 1. The van der Waals surface area contributed by atoms with Gasteiger partial charge >= 0.3 is 0 Å². The summed E-state index contributed by atoms with van der Waals surface area (Å²) in [5, 5.41) is 3.51. The molecule has 0 spiro atoms. The maximum atomic E-state index is 3.51. The zero-order valence-corrected chi connectivity index (χ0v) is 14.8. The van der Waals surface area contributed by atoms with Crippen molar-refractivity contribution >= 4 is 0 Å². The first kappa shape index (κ1) is 21.8. The van der Waals surface area contributed by atoms with E-state index in [4.69, 9.17) is 0 Å². The normalized spacial score (nSPS) is 18.6. The molecular weight excluding hydrogens is 370 g/mol. The van der Waals surface area contributed by atoms with Crippen LogP contribution in [0.4, 0.5) is 0 Å². The minimum absolute atomic E-state index is 0. The molecule has 0 saturated carbocycles. The Balaban J connectivity index is -0.000000399. The molecule has 0 atom stereocenters. The van der Waals surface area contributed by atoms with Crippen molar-refractivity contribution < 1.29 is 20.4 Å². The van der Waals surface area contributed by atoms with Gasteiger partial charge in [-0.1, -0.05) is 27.2 Å². The summed E-state index contributed by atoms with van der Waals surface area (Å²) in [7, 11) is 4.33. The molecule has 16 heavy (non-hydrogen) atoms. The van der Waals surface area contributed by atoms with Gasteiger partial charge in [-0.15, -0.1) is 0 Å². The van der Waals surface area contributed by atoms with Gasteiger partial charge in [0.2, 0.25) is 0 Å². The fourth-order valence-corrected chi connectivity index (χ4v) is 2.15. The Labute approximate surface area is 117 Å². The van der Waals surface area contributed by atoms with E-state index in [1.54, 1.807) is 0 Å². The fourth-order valence-electron chi connectivity index (χ4n) is 2.15. The van der Waals surface area contributed by atoms with Crippen molar-refractivity contribution in [2.24, 2.45) is 0 Å². The van der Waals surface area contributed by atoms with Gasteiger partial charge in [0.15, 0.2) is 0 Å². The minimum atomic E-state index is 0. The summed E-state index contributed by atoms with van der Waals surface area (Å²) in [5.74, 6) is 0. The van der Waals surface area contributed by atoms with E-state index in [9.17, 15) is 0 Å². The molecule has 1 heterocycles. The van der Waals surface area contributed by atoms with Crippen LogP contribution in [0.5, 0.6) is 0 Å². The molecule has 0 aromatic carbocycles. The van der Waals surface area contributed by atoms with Crippen LogP contribution in [0.15, 0.2) is 0 Å². The molecule has 0 aromatic rings. The van der Waals surface area contributed by atoms with E-state index in [0.717, 1.165) is 0 Å². The first-order valence-corrected chi connectivity index (χ1v) is 6.10. The Morgan fingerprint density at radius 1 is 1.19 bits per heavy atom. The summed E-state index contributed by atoms with van der Waals surface area (Å²) < 4.78 is 0. The summed E-state index contributed by atoms with van der Waals surface area (Å²) in [4.78, 5) is 2.42. The van der Waals surface area contributed by atoms with E-state index in [2.05, 4.69) is 31.2 Å². The molecule has 1 aliphatic rings. The summed E-state index contributed by atoms with van der Waals surface area (Å²) in [5.41, 5.74) is 0.460. The van der Waals surface area contributed by atoms with E-state index in [-0.39, 0.29) is 27.8 Å². The SMILES string of the molecule is CC.CCCC1(NC)CCN(C)CC1.[CH3-].[Re]. The van der Waals surface area contributed by atoms with Crippen LogP contribution in [-0.2, 0) is 20.4 Å². The summed E-state index contributed by atoms with van der Waals surface area (Å²) in [6.07, 6.45) is 5.25. The number of nitrogens with zero attached hydrogens (tertiary/aromatic N) is 1. The van der Waals surface area contributed by atoms with Gasteiger partial charge in [0.25, 0.3) is 0 Å². The first-order valence-electron chi connectivity index (χ1n) is 6.10. The van der Waals surface area contributed by atoms with Crippen molar-refractivity contribution in [3.8, 4) is 0 Å². The Morgan fingerprint density at radius 2 is 1.62 bits per heavy atom. The first-order chi connectivity index (χ1) is 6.72. The van der Waals surface area contributed by atoms with Crippen LogP contribution in [0.25, 0.3) is 0 Å². The molecule has 0 aromatic heterocycles. The second kappa shape index (κ2) is 12.1. The Kier molecular flexibility index (Phi) is 16.4. The third-order valence-electron chi connectivity index (χ3n) is 3.20. The maximum absolute atomic E-state index is 3.51. The zero-order valence-electron chi connectivity index (χ0n) is 12.1. The number of nitrogens with one attached hydrogen (secondary N) is 1. The molecule has 1 aliphatic heterocycles. The van der Waals surface area contributed by atoms with Crippen molar-refractivity contribution in [3.63, 3.8) is 0 Å². The smallest absolute Gasteiger partial charge is 0.0202 e. The molecule has 1 N–H and O–H groups in total. The van der Waals surface area contributed by atoms with Gasteiger partial charge in [-0.3, -0.25) is 0 Å². The number of likely N-dealkylation sites (tertiary alicyclic amines) is 1. The molecule has 0 bridgehead atoms. The molecule has 101 valence electrons. The predicted octanol–water partition coefficient (Wildman–Crippen LogP) is 2.94. The molecule has 0 amide bonds. The fraction of sp³-hybridized carbons (Fsp3) is 0.923. The third kappa shape index (κ3) is 7.02. The predicted molar refractivity (Wildman–Crippen MR) is 71.2 cm³/mol. The van der Waals surface area contributed by atoms with Crippen molar-refractivity contribution in [2.45, 2.75) is 52.0 Å². The van der Waals surface area contributed by atoms with Crippen LogP contribution >= 0.6 is 0 Å². The standard InChI is InChI=1S/C10H22N2.C2H6.CH3.Re/c1-4-5-10(11-2)6-8-12(3)9-7-10;1-2;;/h11H,4-9H2,1-3H3;1-2H3;1H3;/q;;-1;. The molecule has 1 fully saturated rings. The van der Waals surface area contributed by atoms with E-state index < -0.39 is 0 Å². The van der Waals surface area contributed by atoms with E-state index in [1.807, 2.05) is 13.8 Å². The van der Waals surface area contributed by atoms with Crippen molar-refractivity contribution in [1.29, 1.82) is 0 Å². The second-order valence-corrected chi connectivity index (χ2v) is 4.08. The van der Waals surface area contributed by atoms with Crippen LogP contribution in [0.1, 0.15) is 46.5 Å². The van der Waals surface area contributed by atoms with Crippen LogP contribution in [0, 0.1) is 7.43 Å². The Bertz CT molecular complexity index is 132. The quantitative estimate of drug-likeness (QED) is 0.732. The Morgan fingerprint density at radius 3 is 1.94 bits per heavy atom. The van der Waals surface area contributed by atoms with Gasteiger partial charge in [0.1, 0.15) is 0 Å². The number of rotatable bonds is 3. The van der Waals surface area contributed by atoms with Gasteiger partial charge in [-0.05, 0) is 46.4 Å². The topological polar surface area (TPSA) is 15.3 Å². The van der Waals surface area contributed by atoms with Gasteiger partial charge < -0.3 is 17.6 Å². The minimum Gasteiger partial charge on any atom is -0.358 e. The van der Waals surface area contributed by atoms with Gasteiger partial charge in [-0.25, -0.2) is 0 Å².